The van der Waals surface area contributed by atoms with Crippen molar-refractivity contribution in [3.63, 3.8) is 0 Å². The number of anilines is 1. The average Bonchev–Trinajstić information content (AvgIpc) is 2.69. The molecule has 6 nitrogen and oxygen atoms in total. The molecule has 6 heteroatoms. The number of hydrogen-bond acceptors (Lipinski definition) is 3. The number of rotatable bonds is 6. The van der Waals surface area contributed by atoms with E-state index in [1.807, 2.05) is 12.1 Å². The van der Waals surface area contributed by atoms with Gasteiger partial charge in [0.25, 0.3) is 5.91 Å². The molecular formula is C20H34N4O2+2. The van der Waals surface area contributed by atoms with Crippen LogP contribution in [0.4, 0.5) is 5.69 Å². The van der Waals surface area contributed by atoms with Crippen LogP contribution in [-0.2, 0) is 4.79 Å². The minimum Gasteiger partial charge on any atom is -0.497 e. The predicted octanol–water partition coefficient (Wildman–Crippen LogP) is -1.42. The van der Waals surface area contributed by atoms with Gasteiger partial charge in [0.15, 0.2) is 6.54 Å². The Labute approximate surface area is 157 Å². The molecule has 2 aliphatic heterocycles. The van der Waals surface area contributed by atoms with E-state index in [9.17, 15) is 4.79 Å². The Kier molecular flexibility index (Phi) is 6.74. The van der Waals surface area contributed by atoms with E-state index in [0.717, 1.165) is 44.8 Å². The summed E-state index contributed by atoms with van der Waals surface area (Å²) >= 11 is 0. The first-order valence-electron chi connectivity index (χ1n) is 10.0. The second kappa shape index (κ2) is 9.24. The fourth-order valence-electron chi connectivity index (χ4n) is 4.09. The van der Waals surface area contributed by atoms with Gasteiger partial charge in [0.05, 0.1) is 52.9 Å². The van der Waals surface area contributed by atoms with Gasteiger partial charge in [0.2, 0.25) is 0 Å². The summed E-state index contributed by atoms with van der Waals surface area (Å²) < 4.78 is 5.32. The molecule has 0 spiro atoms. The molecule has 0 bridgehead atoms. The van der Waals surface area contributed by atoms with E-state index in [-0.39, 0.29) is 5.91 Å². The van der Waals surface area contributed by atoms with Crippen LogP contribution >= 0.6 is 0 Å². The zero-order valence-electron chi connectivity index (χ0n) is 16.2. The molecule has 26 heavy (non-hydrogen) atoms. The number of benzene rings is 1. The molecule has 3 rings (SSSR count). The summed E-state index contributed by atoms with van der Waals surface area (Å²) in [5, 5.41) is 3.27. The number of nitrogens with one attached hydrogen (secondary N) is 3. The summed E-state index contributed by atoms with van der Waals surface area (Å²) in [6.45, 7) is 10.4. The number of nitrogens with zero attached hydrogens (tertiary/aromatic N) is 1. The topological polar surface area (TPSA) is 50.5 Å². The Bertz CT molecular complexity index is 579. The van der Waals surface area contributed by atoms with Crippen LogP contribution in [0, 0.1) is 0 Å². The fraction of sp³-hybridized carbons (Fsp3) is 0.650. The number of piperazine rings is 1. The maximum Gasteiger partial charge on any atom is 0.275 e. The maximum atomic E-state index is 12.4. The van der Waals surface area contributed by atoms with Crippen molar-refractivity contribution in [3.05, 3.63) is 24.3 Å². The highest BCUT2D eigenvalue weighted by molar-refractivity contribution is 5.77. The summed E-state index contributed by atoms with van der Waals surface area (Å²) in [5.74, 6) is 1.12. The summed E-state index contributed by atoms with van der Waals surface area (Å²) in [7, 11) is 1.70. The monoisotopic (exact) mass is 362 g/mol. The van der Waals surface area contributed by atoms with Crippen LogP contribution in [0.25, 0.3) is 0 Å². The van der Waals surface area contributed by atoms with Crippen LogP contribution in [0.5, 0.6) is 5.75 Å². The average molecular weight is 363 g/mol. The minimum atomic E-state index is 0.222. The number of amides is 1. The van der Waals surface area contributed by atoms with E-state index in [1.54, 1.807) is 12.0 Å². The standard InChI is InChI=1S/C20H32N4O2/c1-3-22-9-7-17(8-10-22)21-20(25)16-23-11-13-24(14-12-23)18-5-4-6-19(15-18)26-2/h4-6,15,17H,3,7-14,16H2,1-2H3,(H,21,25)/p+2. The number of hydrogen-bond donors (Lipinski definition) is 3. The van der Waals surface area contributed by atoms with Crippen molar-refractivity contribution >= 4 is 11.6 Å². The number of piperidine rings is 1. The Morgan fingerprint density at radius 3 is 2.58 bits per heavy atom. The zero-order valence-corrected chi connectivity index (χ0v) is 16.2. The number of carbonyl (C=O) groups excluding carboxylic acids is 1. The Morgan fingerprint density at radius 1 is 1.19 bits per heavy atom. The van der Waals surface area contributed by atoms with Crippen molar-refractivity contribution in [1.82, 2.24) is 5.32 Å². The van der Waals surface area contributed by atoms with Gasteiger partial charge < -0.3 is 24.8 Å². The van der Waals surface area contributed by atoms with Crippen molar-refractivity contribution < 1.29 is 19.3 Å². The lowest BCUT2D eigenvalue weighted by Crippen LogP contribution is -3.16. The molecule has 0 radical (unpaired) electrons. The van der Waals surface area contributed by atoms with E-state index in [1.165, 1.54) is 30.2 Å². The van der Waals surface area contributed by atoms with Crippen LogP contribution in [-0.4, -0.2) is 71.4 Å². The maximum absolute atomic E-state index is 12.4. The molecule has 2 saturated heterocycles. The lowest BCUT2D eigenvalue weighted by Gasteiger charge is -2.34. The van der Waals surface area contributed by atoms with Crippen molar-refractivity contribution in [2.75, 3.05) is 64.4 Å². The Morgan fingerprint density at radius 2 is 1.92 bits per heavy atom. The third-order valence-electron chi connectivity index (χ3n) is 5.86. The van der Waals surface area contributed by atoms with Crippen LogP contribution < -0.4 is 24.8 Å². The summed E-state index contributed by atoms with van der Waals surface area (Å²) in [6.07, 6.45) is 2.24. The molecule has 0 atom stereocenters. The van der Waals surface area contributed by atoms with E-state index < -0.39 is 0 Å². The van der Waals surface area contributed by atoms with Gasteiger partial charge in [-0.15, -0.1) is 0 Å². The molecule has 0 unspecified atom stereocenters. The van der Waals surface area contributed by atoms with Crippen molar-refractivity contribution in [3.8, 4) is 5.75 Å². The van der Waals surface area contributed by atoms with Crippen molar-refractivity contribution in [1.29, 1.82) is 0 Å². The van der Waals surface area contributed by atoms with Gasteiger partial charge in [-0.25, -0.2) is 0 Å². The molecule has 0 saturated carbocycles. The third kappa shape index (κ3) is 5.11. The van der Waals surface area contributed by atoms with Crippen molar-refractivity contribution in [2.24, 2.45) is 0 Å². The molecule has 0 aliphatic carbocycles. The zero-order chi connectivity index (χ0) is 18.4. The first kappa shape index (κ1) is 19.0. The van der Waals surface area contributed by atoms with E-state index in [4.69, 9.17) is 4.74 Å². The smallest absolute Gasteiger partial charge is 0.275 e. The highest BCUT2D eigenvalue weighted by Gasteiger charge is 2.26. The van der Waals surface area contributed by atoms with Gasteiger partial charge in [-0.1, -0.05) is 6.07 Å². The molecular weight excluding hydrogens is 328 g/mol. The Balaban J connectivity index is 1.40. The first-order valence-corrected chi connectivity index (χ1v) is 10.0. The largest absolute Gasteiger partial charge is 0.497 e. The highest BCUT2D eigenvalue weighted by atomic mass is 16.5. The predicted molar refractivity (Wildman–Crippen MR) is 103 cm³/mol. The molecule has 144 valence electrons. The van der Waals surface area contributed by atoms with Gasteiger partial charge in [-0.2, -0.15) is 0 Å². The quantitative estimate of drug-likeness (QED) is 0.583. The molecule has 1 aromatic rings. The van der Waals surface area contributed by atoms with Crippen LogP contribution in [0.15, 0.2) is 24.3 Å². The number of ether oxygens (including phenoxy) is 1. The number of methoxy groups -OCH3 is 1. The van der Waals surface area contributed by atoms with E-state index >= 15 is 0 Å². The molecule has 3 N–H and O–H groups in total. The number of carbonyl (C=O) groups is 1. The molecule has 2 aliphatic rings. The third-order valence-corrected chi connectivity index (χ3v) is 5.86. The van der Waals surface area contributed by atoms with Crippen LogP contribution in [0.3, 0.4) is 0 Å². The fourth-order valence-corrected chi connectivity index (χ4v) is 4.09. The molecule has 1 aromatic carbocycles. The van der Waals surface area contributed by atoms with Gasteiger partial charge in [-0.3, -0.25) is 4.79 Å². The van der Waals surface area contributed by atoms with Gasteiger partial charge in [0.1, 0.15) is 5.75 Å². The SMILES string of the molecule is CC[NH+]1CCC(NC(=O)C[NH+]2CCN(c3cccc(OC)c3)CC2)CC1. The highest BCUT2D eigenvalue weighted by Crippen LogP contribution is 2.20. The molecule has 2 fully saturated rings. The van der Waals surface area contributed by atoms with Gasteiger partial charge in [0, 0.05) is 30.6 Å². The van der Waals surface area contributed by atoms with Crippen LogP contribution in [0.1, 0.15) is 19.8 Å². The number of quaternary nitrogens is 2. The Hall–Kier alpha value is -1.79. The normalized spacial score (nSPS) is 24.3. The van der Waals surface area contributed by atoms with E-state index in [0.29, 0.717) is 12.6 Å². The van der Waals surface area contributed by atoms with E-state index in [2.05, 4.69) is 29.3 Å². The lowest BCUT2D eigenvalue weighted by atomic mass is 10.1. The second-order valence-electron chi connectivity index (χ2n) is 7.56. The van der Waals surface area contributed by atoms with Gasteiger partial charge >= 0.3 is 0 Å². The minimum absolute atomic E-state index is 0.222. The summed E-state index contributed by atoms with van der Waals surface area (Å²) in [4.78, 5) is 17.8. The molecule has 0 aromatic heterocycles. The molecule has 2 heterocycles. The van der Waals surface area contributed by atoms with Crippen molar-refractivity contribution in [2.45, 2.75) is 25.8 Å². The van der Waals surface area contributed by atoms with Gasteiger partial charge in [-0.05, 0) is 19.1 Å². The molecule has 1 amide bonds. The summed E-state index contributed by atoms with van der Waals surface area (Å²) in [5.41, 5.74) is 1.21. The second-order valence-corrected chi connectivity index (χ2v) is 7.56. The lowest BCUT2D eigenvalue weighted by molar-refractivity contribution is -0.903. The van der Waals surface area contributed by atoms with Crippen LogP contribution in [0.2, 0.25) is 0 Å². The summed E-state index contributed by atoms with van der Waals surface area (Å²) in [6, 6.07) is 8.61. The first-order chi connectivity index (χ1) is 12.7. The number of likely N-dealkylation sites (tertiary alicyclic amines) is 1.